The van der Waals surface area contributed by atoms with Crippen LogP contribution in [0.4, 0.5) is 20.3 Å². The van der Waals surface area contributed by atoms with Gasteiger partial charge >= 0.3 is 0 Å². The van der Waals surface area contributed by atoms with Gasteiger partial charge in [0.25, 0.3) is 5.92 Å². The van der Waals surface area contributed by atoms with Crippen LogP contribution in [0.5, 0.6) is 11.5 Å². The number of halogens is 2. The number of pyridine rings is 1. The zero-order chi connectivity index (χ0) is 23.8. The molecule has 0 radical (unpaired) electrons. The van der Waals surface area contributed by atoms with Crippen LogP contribution in [0.2, 0.25) is 0 Å². The predicted octanol–water partition coefficient (Wildman–Crippen LogP) is 4.24. The standard InChI is InChI=1S/C23H27F2N5O3/c1-12(17-7-14(26)8-19(30-17)16-11-23(16,24)25)27-22-15-9-21(33-6-5-31-3)20(32-4)10-18(15)28-13(2)29-22/h7-10,12,16H,5-6,11H2,1-4H3,(H2,26,30)(H,27,28,29)/t12-,16?/m1/s1. The molecular weight excluding hydrogens is 432 g/mol. The Morgan fingerprint density at radius 3 is 2.55 bits per heavy atom. The van der Waals surface area contributed by atoms with E-state index in [9.17, 15) is 8.78 Å². The summed E-state index contributed by atoms with van der Waals surface area (Å²) in [6.45, 7) is 4.44. The summed E-state index contributed by atoms with van der Waals surface area (Å²) < 4.78 is 43.5. The maximum Gasteiger partial charge on any atom is 0.257 e. The third kappa shape index (κ3) is 4.90. The number of nitrogens with two attached hydrogens (primary N) is 1. The second-order valence-electron chi connectivity index (χ2n) is 8.11. The van der Waals surface area contributed by atoms with E-state index in [0.29, 0.717) is 58.9 Å². The van der Waals surface area contributed by atoms with Crippen molar-refractivity contribution in [2.45, 2.75) is 38.2 Å². The predicted molar refractivity (Wildman–Crippen MR) is 121 cm³/mol. The fourth-order valence-corrected chi connectivity index (χ4v) is 3.68. The number of anilines is 2. The van der Waals surface area contributed by atoms with Crippen molar-refractivity contribution in [2.24, 2.45) is 0 Å². The van der Waals surface area contributed by atoms with E-state index in [2.05, 4.69) is 20.3 Å². The first-order valence-electron chi connectivity index (χ1n) is 10.6. The molecule has 3 aromatic rings. The fourth-order valence-electron chi connectivity index (χ4n) is 3.68. The van der Waals surface area contributed by atoms with Crippen molar-refractivity contribution >= 4 is 22.4 Å². The molecule has 10 heteroatoms. The molecule has 2 aromatic heterocycles. The molecule has 0 bridgehead atoms. The number of nitrogens with zero attached hydrogens (tertiary/aromatic N) is 3. The molecule has 1 aliphatic carbocycles. The summed E-state index contributed by atoms with van der Waals surface area (Å²) in [5, 5.41) is 4.05. The number of hydrogen-bond acceptors (Lipinski definition) is 8. The summed E-state index contributed by atoms with van der Waals surface area (Å²) >= 11 is 0. The van der Waals surface area contributed by atoms with Gasteiger partial charge in [-0.25, -0.2) is 18.7 Å². The highest BCUT2D eigenvalue weighted by Crippen LogP contribution is 2.55. The van der Waals surface area contributed by atoms with Crippen molar-refractivity contribution in [1.82, 2.24) is 15.0 Å². The minimum atomic E-state index is -2.72. The number of aromatic nitrogens is 3. The summed E-state index contributed by atoms with van der Waals surface area (Å²) in [5.74, 6) is -1.40. The van der Waals surface area contributed by atoms with Gasteiger partial charge in [0.1, 0.15) is 18.2 Å². The molecule has 0 saturated heterocycles. The molecule has 1 saturated carbocycles. The van der Waals surface area contributed by atoms with Gasteiger partial charge in [0.15, 0.2) is 11.5 Å². The highest BCUT2D eigenvalue weighted by molar-refractivity contribution is 5.92. The van der Waals surface area contributed by atoms with Gasteiger partial charge in [0.05, 0.1) is 42.6 Å². The molecule has 0 spiro atoms. The normalized spacial score (nSPS) is 17.6. The van der Waals surface area contributed by atoms with Crippen LogP contribution in [0.15, 0.2) is 24.3 Å². The summed E-state index contributed by atoms with van der Waals surface area (Å²) in [5.41, 5.74) is 7.93. The largest absolute Gasteiger partial charge is 0.493 e. The number of nitrogen functional groups attached to an aromatic ring is 1. The smallest absolute Gasteiger partial charge is 0.257 e. The topological polar surface area (TPSA) is 104 Å². The number of benzene rings is 1. The molecule has 176 valence electrons. The van der Waals surface area contributed by atoms with Crippen molar-refractivity contribution in [3.8, 4) is 11.5 Å². The third-order valence-corrected chi connectivity index (χ3v) is 5.51. The first kappa shape index (κ1) is 22.9. The number of aryl methyl sites for hydroxylation is 1. The molecule has 8 nitrogen and oxygen atoms in total. The number of methoxy groups -OCH3 is 2. The molecule has 1 fully saturated rings. The molecule has 2 atom stereocenters. The van der Waals surface area contributed by atoms with Gasteiger partial charge in [-0.15, -0.1) is 0 Å². The van der Waals surface area contributed by atoms with E-state index in [1.165, 1.54) is 6.07 Å². The SMILES string of the molecule is COCCOc1cc2c(N[C@H](C)c3cc(N)cc(C4CC4(F)F)n3)nc(C)nc2cc1OC. The van der Waals surface area contributed by atoms with E-state index in [4.69, 9.17) is 19.9 Å². The number of rotatable bonds is 9. The van der Waals surface area contributed by atoms with Crippen LogP contribution in [0, 0.1) is 6.92 Å². The van der Waals surface area contributed by atoms with Gasteiger partial charge < -0.3 is 25.3 Å². The van der Waals surface area contributed by atoms with E-state index < -0.39 is 11.8 Å². The van der Waals surface area contributed by atoms with Gasteiger partial charge in [0.2, 0.25) is 0 Å². The molecule has 4 rings (SSSR count). The lowest BCUT2D eigenvalue weighted by atomic mass is 10.1. The minimum absolute atomic E-state index is 0.200. The van der Waals surface area contributed by atoms with Crippen molar-refractivity contribution < 1.29 is 23.0 Å². The van der Waals surface area contributed by atoms with E-state index >= 15 is 0 Å². The van der Waals surface area contributed by atoms with Gasteiger partial charge in [-0.1, -0.05) is 0 Å². The number of fused-ring (bicyclic) bond motifs is 1. The van der Waals surface area contributed by atoms with Crippen LogP contribution >= 0.6 is 0 Å². The monoisotopic (exact) mass is 459 g/mol. The Hall–Kier alpha value is -3.27. The number of hydrogen-bond donors (Lipinski definition) is 2. The minimum Gasteiger partial charge on any atom is -0.493 e. The van der Waals surface area contributed by atoms with E-state index in [-0.39, 0.29) is 12.5 Å². The van der Waals surface area contributed by atoms with E-state index in [1.54, 1.807) is 39.3 Å². The number of nitrogens with one attached hydrogen (secondary N) is 1. The zero-order valence-electron chi connectivity index (χ0n) is 19.0. The maximum absolute atomic E-state index is 13.6. The fraction of sp³-hybridized carbons (Fsp3) is 0.435. The number of alkyl halides is 2. The Kier molecular flexibility index (Phi) is 6.20. The molecular formula is C23H27F2N5O3. The van der Waals surface area contributed by atoms with E-state index in [0.717, 1.165) is 5.39 Å². The number of ether oxygens (including phenoxy) is 3. The van der Waals surface area contributed by atoms with Crippen LogP contribution < -0.4 is 20.5 Å². The Morgan fingerprint density at radius 1 is 1.12 bits per heavy atom. The summed E-state index contributed by atoms with van der Waals surface area (Å²) in [6, 6.07) is 6.44. The third-order valence-electron chi connectivity index (χ3n) is 5.51. The van der Waals surface area contributed by atoms with Crippen molar-refractivity contribution in [1.29, 1.82) is 0 Å². The second-order valence-corrected chi connectivity index (χ2v) is 8.11. The van der Waals surface area contributed by atoms with Crippen molar-refractivity contribution in [3.05, 3.63) is 41.5 Å². The van der Waals surface area contributed by atoms with Gasteiger partial charge in [-0.05, 0) is 32.0 Å². The Labute approximate surface area is 190 Å². The summed E-state index contributed by atoms with van der Waals surface area (Å²) in [6.07, 6.45) is -0.200. The van der Waals surface area contributed by atoms with Crippen LogP contribution in [-0.2, 0) is 4.74 Å². The Balaban J connectivity index is 1.67. The first-order chi connectivity index (χ1) is 15.7. The molecule has 33 heavy (non-hydrogen) atoms. The van der Waals surface area contributed by atoms with Crippen LogP contribution in [0.3, 0.4) is 0 Å². The summed E-state index contributed by atoms with van der Waals surface area (Å²) in [4.78, 5) is 13.5. The van der Waals surface area contributed by atoms with E-state index in [1.807, 2.05) is 6.92 Å². The van der Waals surface area contributed by atoms with Crippen LogP contribution in [0.1, 0.15) is 42.5 Å². The highest BCUT2D eigenvalue weighted by Gasteiger charge is 2.58. The molecule has 2 heterocycles. The lowest BCUT2D eigenvalue weighted by molar-refractivity contribution is 0.111. The quantitative estimate of drug-likeness (QED) is 0.458. The Morgan fingerprint density at radius 2 is 1.88 bits per heavy atom. The van der Waals surface area contributed by atoms with Crippen molar-refractivity contribution in [3.63, 3.8) is 0 Å². The van der Waals surface area contributed by atoms with Gasteiger partial charge in [-0.3, -0.25) is 4.98 Å². The molecule has 1 aliphatic rings. The van der Waals surface area contributed by atoms with Gasteiger partial charge in [-0.2, -0.15) is 0 Å². The highest BCUT2D eigenvalue weighted by atomic mass is 19.3. The molecule has 1 aromatic carbocycles. The average Bonchev–Trinajstić information content (AvgIpc) is 3.41. The molecule has 0 amide bonds. The maximum atomic E-state index is 13.6. The van der Waals surface area contributed by atoms with Crippen molar-refractivity contribution in [2.75, 3.05) is 38.5 Å². The first-order valence-corrected chi connectivity index (χ1v) is 10.6. The van der Waals surface area contributed by atoms with Crippen LogP contribution in [-0.4, -0.2) is 48.3 Å². The molecule has 0 aliphatic heterocycles. The summed E-state index contributed by atoms with van der Waals surface area (Å²) in [7, 11) is 3.16. The zero-order valence-corrected chi connectivity index (χ0v) is 19.0. The lowest BCUT2D eigenvalue weighted by Gasteiger charge is -2.18. The lowest BCUT2D eigenvalue weighted by Crippen LogP contribution is -2.13. The Bertz CT molecular complexity index is 1170. The molecule has 1 unspecified atom stereocenters. The second kappa shape index (κ2) is 8.93. The average molecular weight is 459 g/mol. The van der Waals surface area contributed by atoms with Gasteiger partial charge in [0, 0.05) is 30.7 Å². The molecule has 3 N–H and O–H groups in total. The van der Waals surface area contributed by atoms with Crippen LogP contribution in [0.25, 0.3) is 10.9 Å².